The summed E-state index contributed by atoms with van der Waals surface area (Å²) in [5.74, 6) is 0.208. The van der Waals surface area contributed by atoms with Crippen molar-refractivity contribution in [2.45, 2.75) is 39.3 Å². The van der Waals surface area contributed by atoms with E-state index in [-0.39, 0.29) is 30.5 Å². The second-order valence-corrected chi connectivity index (χ2v) is 6.26. The molecule has 0 spiro atoms. The zero-order chi connectivity index (χ0) is 15.9. The molecule has 21 heavy (non-hydrogen) atoms. The molecule has 2 unspecified atom stereocenters. The molecule has 120 valence electrons. The minimum Gasteiger partial charge on any atom is -0.491 e. The third kappa shape index (κ3) is 6.89. The van der Waals surface area contributed by atoms with Crippen molar-refractivity contribution in [1.82, 2.24) is 5.32 Å². The molecule has 0 aliphatic carbocycles. The first-order valence-corrected chi connectivity index (χ1v) is 7.23. The zero-order valence-corrected chi connectivity index (χ0v) is 13.0. The number of aliphatic hydroxyl groups is 2. The maximum atomic E-state index is 12.7. The molecule has 0 amide bonds. The number of hydrogen-bond donors (Lipinski definition) is 3. The number of aliphatic hydroxyl groups excluding tert-OH is 2. The van der Waals surface area contributed by atoms with Crippen LogP contribution in [0.25, 0.3) is 0 Å². The van der Waals surface area contributed by atoms with Crippen molar-refractivity contribution in [2.75, 3.05) is 19.8 Å². The summed E-state index contributed by atoms with van der Waals surface area (Å²) in [5.41, 5.74) is 0.000262. The highest BCUT2D eigenvalue weighted by Crippen LogP contribution is 2.21. The summed E-state index contributed by atoms with van der Waals surface area (Å²) >= 11 is 0. The molecule has 5 heteroatoms. The number of benzene rings is 1. The second-order valence-electron chi connectivity index (χ2n) is 6.26. The quantitative estimate of drug-likeness (QED) is 0.686. The Morgan fingerprint density at radius 3 is 2.38 bits per heavy atom. The van der Waals surface area contributed by atoms with E-state index in [2.05, 4.69) is 26.1 Å². The molecule has 1 aromatic rings. The molecular weight excluding hydrogens is 273 g/mol. The Hall–Kier alpha value is -1.17. The smallest absolute Gasteiger partial charge is 0.123 e. The van der Waals surface area contributed by atoms with Gasteiger partial charge in [0, 0.05) is 19.2 Å². The van der Waals surface area contributed by atoms with Crippen molar-refractivity contribution in [3.05, 3.63) is 30.1 Å². The van der Waals surface area contributed by atoms with Gasteiger partial charge in [-0.2, -0.15) is 0 Å². The highest BCUT2D eigenvalue weighted by Gasteiger charge is 2.24. The number of rotatable bonds is 8. The average molecular weight is 299 g/mol. The monoisotopic (exact) mass is 299 g/mol. The van der Waals surface area contributed by atoms with Crippen molar-refractivity contribution in [2.24, 2.45) is 5.41 Å². The Kier molecular flexibility index (Phi) is 7.08. The van der Waals surface area contributed by atoms with Gasteiger partial charge in [0.25, 0.3) is 0 Å². The molecule has 3 N–H and O–H groups in total. The number of hydrogen-bond acceptors (Lipinski definition) is 4. The maximum absolute atomic E-state index is 12.7. The summed E-state index contributed by atoms with van der Waals surface area (Å²) in [6.07, 6.45) is -0.0340. The van der Waals surface area contributed by atoms with Crippen LogP contribution < -0.4 is 10.1 Å². The summed E-state index contributed by atoms with van der Waals surface area (Å²) in [5, 5.41) is 22.3. The molecule has 0 radical (unpaired) electrons. The first-order chi connectivity index (χ1) is 9.82. The van der Waals surface area contributed by atoms with Crippen molar-refractivity contribution in [1.29, 1.82) is 0 Å². The summed E-state index contributed by atoms with van der Waals surface area (Å²) in [6, 6.07) is 5.80. The van der Waals surface area contributed by atoms with E-state index in [1.165, 1.54) is 24.3 Å². The molecule has 0 saturated carbocycles. The van der Waals surface area contributed by atoms with E-state index in [1.807, 2.05) is 0 Å². The van der Waals surface area contributed by atoms with Crippen molar-refractivity contribution < 1.29 is 19.3 Å². The van der Waals surface area contributed by atoms with E-state index in [0.717, 1.165) is 0 Å². The van der Waals surface area contributed by atoms with Crippen LogP contribution in [0.2, 0.25) is 0 Å². The van der Waals surface area contributed by atoms with Gasteiger partial charge in [-0.25, -0.2) is 4.39 Å². The molecule has 2 atom stereocenters. The summed E-state index contributed by atoms with van der Waals surface area (Å²) in [7, 11) is 0. The Bertz CT molecular complexity index is 403. The van der Waals surface area contributed by atoms with Crippen LogP contribution in [-0.2, 0) is 0 Å². The summed E-state index contributed by atoms with van der Waals surface area (Å²) in [6.45, 7) is 6.88. The van der Waals surface area contributed by atoms with Gasteiger partial charge in [-0.05, 0) is 36.1 Å². The Labute approximate surface area is 125 Å². The number of ether oxygens (including phenoxy) is 1. The molecule has 0 aliphatic rings. The fourth-order valence-corrected chi connectivity index (χ4v) is 2.03. The Morgan fingerprint density at radius 2 is 1.86 bits per heavy atom. The van der Waals surface area contributed by atoms with Crippen LogP contribution in [0.15, 0.2) is 24.3 Å². The van der Waals surface area contributed by atoms with Crippen LogP contribution in [0.1, 0.15) is 27.2 Å². The molecular formula is C16H26FNO3. The molecule has 0 saturated heterocycles. The molecule has 0 bridgehead atoms. The van der Waals surface area contributed by atoms with Gasteiger partial charge in [0.05, 0.1) is 0 Å². The zero-order valence-electron chi connectivity index (χ0n) is 13.0. The van der Waals surface area contributed by atoms with Crippen LogP contribution in [0.5, 0.6) is 5.75 Å². The van der Waals surface area contributed by atoms with Gasteiger partial charge in [0.15, 0.2) is 0 Å². The lowest BCUT2D eigenvalue weighted by Gasteiger charge is -2.32. The lowest BCUT2D eigenvalue weighted by Crippen LogP contribution is -2.45. The predicted molar refractivity (Wildman–Crippen MR) is 80.9 cm³/mol. The maximum Gasteiger partial charge on any atom is 0.123 e. The van der Waals surface area contributed by atoms with Gasteiger partial charge >= 0.3 is 0 Å². The molecule has 0 aromatic heterocycles. The largest absolute Gasteiger partial charge is 0.491 e. The van der Waals surface area contributed by atoms with Gasteiger partial charge in [0.1, 0.15) is 24.3 Å². The highest BCUT2D eigenvalue weighted by atomic mass is 19.1. The molecule has 1 rings (SSSR count). The second kappa shape index (κ2) is 8.32. The Balaban J connectivity index is 2.35. The van der Waals surface area contributed by atoms with E-state index in [9.17, 15) is 9.50 Å². The van der Waals surface area contributed by atoms with Crippen LogP contribution in [-0.4, -0.2) is 42.1 Å². The van der Waals surface area contributed by atoms with Crippen LogP contribution >= 0.6 is 0 Å². The third-order valence-corrected chi connectivity index (χ3v) is 3.32. The van der Waals surface area contributed by atoms with E-state index in [0.29, 0.717) is 18.7 Å². The lowest BCUT2D eigenvalue weighted by atomic mass is 9.85. The van der Waals surface area contributed by atoms with Crippen molar-refractivity contribution in [3.8, 4) is 5.75 Å². The van der Waals surface area contributed by atoms with Crippen molar-refractivity contribution >= 4 is 0 Å². The van der Waals surface area contributed by atoms with Crippen LogP contribution in [0.4, 0.5) is 4.39 Å². The van der Waals surface area contributed by atoms with E-state index in [1.54, 1.807) is 0 Å². The van der Waals surface area contributed by atoms with Gasteiger partial charge < -0.3 is 20.3 Å². The van der Waals surface area contributed by atoms with Gasteiger partial charge in [-0.1, -0.05) is 20.8 Å². The van der Waals surface area contributed by atoms with Gasteiger partial charge in [-0.15, -0.1) is 0 Å². The highest BCUT2D eigenvalue weighted by molar-refractivity contribution is 5.22. The Morgan fingerprint density at radius 1 is 1.24 bits per heavy atom. The SMILES string of the molecule is CC(C)(C)C(CCO)NCC(O)COc1ccc(F)cc1. The topological polar surface area (TPSA) is 61.7 Å². The number of nitrogens with one attached hydrogen (secondary N) is 1. The fraction of sp³-hybridized carbons (Fsp3) is 0.625. The number of halogens is 1. The summed E-state index contributed by atoms with van der Waals surface area (Å²) < 4.78 is 18.1. The lowest BCUT2D eigenvalue weighted by molar-refractivity contribution is 0.0936. The molecule has 0 fully saturated rings. The predicted octanol–water partition coefficient (Wildman–Crippen LogP) is 1.95. The van der Waals surface area contributed by atoms with Gasteiger partial charge in [0.2, 0.25) is 0 Å². The fourth-order valence-electron chi connectivity index (χ4n) is 2.03. The molecule has 1 aromatic carbocycles. The minimum atomic E-state index is -0.668. The van der Waals surface area contributed by atoms with Gasteiger partial charge in [-0.3, -0.25) is 0 Å². The van der Waals surface area contributed by atoms with Crippen molar-refractivity contribution in [3.63, 3.8) is 0 Å². The first-order valence-electron chi connectivity index (χ1n) is 7.23. The molecule has 0 heterocycles. The average Bonchev–Trinajstić information content (AvgIpc) is 2.41. The van der Waals surface area contributed by atoms with E-state index >= 15 is 0 Å². The molecule has 4 nitrogen and oxygen atoms in total. The van der Waals surface area contributed by atoms with Crippen LogP contribution in [0, 0.1) is 11.2 Å². The van der Waals surface area contributed by atoms with E-state index in [4.69, 9.17) is 9.84 Å². The summed E-state index contributed by atoms with van der Waals surface area (Å²) in [4.78, 5) is 0. The molecule has 0 aliphatic heterocycles. The third-order valence-electron chi connectivity index (χ3n) is 3.32. The first kappa shape index (κ1) is 17.9. The van der Waals surface area contributed by atoms with E-state index < -0.39 is 6.10 Å². The normalized spacial score (nSPS) is 14.8. The van der Waals surface area contributed by atoms with Crippen LogP contribution in [0.3, 0.4) is 0 Å². The standard InChI is InChI=1S/C16H26FNO3/c1-16(2,3)15(8-9-19)18-10-13(20)11-21-14-6-4-12(17)5-7-14/h4-7,13,15,18-20H,8-11H2,1-3H3. The minimum absolute atomic E-state index is 0.000262.